The van der Waals surface area contributed by atoms with Crippen LogP contribution in [0.5, 0.6) is 0 Å². The molecule has 0 aromatic heterocycles. The minimum absolute atomic E-state index is 0.234. The van der Waals surface area contributed by atoms with E-state index in [9.17, 15) is 14.4 Å². The van der Waals surface area contributed by atoms with Crippen molar-refractivity contribution in [2.24, 2.45) is 0 Å². The largest absolute Gasteiger partial charge is 0.469 e. The Morgan fingerprint density at radius 2 is 1.95 bits per heavy atom. The highest BCUT2D eigenvalue weighted by Gasteiger charge is 2.13. The highest BCUT2D eigenvalue weighted by Crippen LogP contribution is 2.20. The second-order valence-corrected chi connectivity index (χ2v) is 5.15. The van der Waals surface area contributed by atoms with Gasteiger partial charge in [0.05, 0.1) is 12.7 Å². The third-order valence-corrected chi connectivity index (χ3v) is 3.56. The van der Waals surface area contributed by atoms with Crippen molar-refractivity contribution in [3.8, 4) is 0 Å². The third-order valence-electron chi connectivity index (χ3n) is 2.77. The lowest BCUT2D eigenvalue weighted by Gasteiger charge is -2.08. The van der Waals surface area contributed by atoms with Gasteiger partial charge >= 0.3 is 11.9 Å². The van der Waals surface area contributed by atoms with E-state index in [2.05, 4.69) is 10.1 Å². The average molecular weight is 325 g/mol. The molecule has 0 aliphatic rings. The van der Waals surface area contributed by atoms with Crippen LogP contribution >= 0.6 is 11.8 Å². The lowest BCUT2D eigenvalue weighted by Crippen LogP contribution is -2.30. The van der Waals surface area contributed by atoms with Gasteiger partial charge in [-0.1, -0.05) is 12.1 Å². The molecule has 0 fully saturated rings. The quantitative estimate of drug-likeness (QED) is 0.444. The maximum atomic E-state index is 11.9. The van der Waals surface area contributed by atoms with Crippen LogP contribution in [-0.4, -0.2) is 44.4 Å². The SMILES string of the molecule is COC(=O)CCCNC(=O)COC(=O)c1ccccc1SC. The molecule has 0 heterocycles. The zero-order valence-electron chi connectivity index (χ0n) is 12.6. The Kier molecular flexibility index (Phi) is 8.06. The molecule has 0 aliphatic carbocycles. The number of carbonyl (C=O) groups is 3. The topological polar surface area (TPSA) is 81.7 Å². The maximum absolute atomic E-state index is 11.9. The number of benzene rings is 1. The second kappa shape index (κ2) is 9.83. The summed E-state index contributed by atoms with van der Waals surface area (Å²) in [6, 6.07) is 7.04. The number of ether oxygens (including phenoxy) is 2. The standard InChI is InChI=1S/C15H19NO5S/c1-20-14(18)8-5-9-16-13(17)10-21-15(19)11-6-3-4-7-12(11)22-2/h3-4,6-7H,5,8-10H2,1-2H3,(H,16,17). The Morgan fingerprint density at radius 1 is 1.23 bits per heavy atom. The fraction of sp³-hybridized carbons (Fsp3) is 0.400. The van der Waals surface area contributed by atoms with Gasteiger partial charge in [-0.3, -0.25) is 9.59 Å². The zero-order chi connectivity index (χ0) is 16.4. The molecule has 0 radical (unpaired) electrons. The molecule has 22 heavy (non-hydrogen) atoms. The molecule has 1 N–H and O–H groups in total. The first-order valence-corrected chi connectivity index (χ1v) is 7.94. The molecular formula is C15H19NO5S. The normalized spacial score (nSPS) is 9.91. The number of methoxy groups -OCH3 is 1. The average Bonchev–Trinajstić information content (AvgIpc) is 2.56. The van der Waals surface area contributed by atoms with Crippen molar-refractivity contribution in [2.75, 3.05) is 26.5 Å². The molecule has 1 aromatic carbocycles. The van der Waals surface area contributed by atoms with Crippen LogP contribution in [-0.2, 0) is 19.1 Å². The molecular weight excluding hydrogens is 306 g/mol. The number of esters is 2. The van der Waals surface area contributed by atoms with E-state index >= 15 is 0 Å². The van der Waals surface area contributed by atoms with Crippen LogP contribution < -0.4 is 5.32 Å². The smallest absolute Gasteiger partial charge is 0.339 e. The Labute approximate surface area is 133 Å². The van der Waals surface area contributed by atoms with Crippen LogP contribution in [0.25, 0.3) is 0 Å². The Balaban J connectivity index is 2.31. The first-order valence-electron chi connectivity index (χ1n) is 6.72. The highest BCUT2D eigenvalue weighted by atomic mass is 32.2. The van der Waals surface area contributed by atoms with E-state index in [1.165, 1.54) is 18.9 Å². The molecule has 1 amide bonds. The van der Waals surface area contributed by atoms with Crippen molar-refractivity contribution in [1.82, 2.24) is 5.32 Å². The molecule has 0 saturated carbocycles. The van der Waals surface area contributed by atoms with Gasteiger partial charge in [-0.05, 0) is 24.8 Å². The lowest BCUT2D eigenvalue weighted by molar-refractivity contribution is -0.140. The minimum atomic E-state index is -0.533. The Morgan fingerprint density at radius 3 is 2.64 bits per heavy atom. The van der Waals surface area contributed by atoms with Gasteiger partial charge in [-0.15, -0.1) is 11.8 Å². The summed E-state index contributed by atoms with van der Waals surface area (Å²) in [4.78, 5) is 35.1. The Bertz CT molecular complexity index is 532. The second-order valence-electron chi connectivity index (χ2n) is 4.31. The van der Waals surface area contributed by atoms with Gasteiger partial charge in [-0.25, -0.2) is 4.79 Å². The summed E-state index contributed by atoms with van der Waals surface area (Å²) in [7, 11) is 1.31. The molecule has 0 spiro atoms. The van der Waals surface area contributed by atoms with Gasteiger partial charge in [0.15, 0.2) is 6.61 Å². The molecule has 1 rings (SSSR count). The number of carbonyl (C=O) groups excluding carboxylic acids is 3. The summed E-state index contributed by atoms with van der Waals surface area (Å²) in [6.07, 6.45) is 2.57. The van der Waals surface area contributed by atoms with E-state index in [1.807, 2.05) is 18.4 Å². The van der Waals surface area contributed by atoms with Gasteiger partial charge in [0.2, 0.25) is 0 Å². The number of hydrogen-bond acceptors (Lipinski definition) is 6. The Hall–Kier alpha value is -2.02. The monoisotopic (exact) mass is 325 g/mol. The number of nitrogens with one attached hydrogen (secondary N) is 1. The summed E-state index contributed by atoms with van der Waals surface area (Å²) in [5, 5.41) is 2.57. The lowest BCUT2D eigenvalue weighted by atomic mass is 10.2. The molecule has 0 atom stereocenters. The number of hydrogen-bond donors (Lipinski definition) is 1. The molecule has 7 heteroatoms. The fourth-order valence-electron chi connectivity index (χ4n) is 1.64. The maximum Gasteiger partial charge on any atom is 0.339 e. The number of thioether (sulfide) groups is 1. The summed E-state index contributed by atoms with van der Waals surface area (Å²) >= 11 is 1.43. The molecule has 1 aromatic rings. The van der Waals surface area contributed by atoms with Crippen LogP contribution in [0.15, 0.2) is 29.2 Å². The van der Waals surface area contributed by atoms with Crippen LogP contribution in [0.2, 0.25) is 0 Å². The summed E-state index contributed by atoms with van der Waals surface area (Å²) in [6.45, 7) is -0.0212. The van der Waals surface area contributed by atoms with E-state index in [0.717, 1.165) is 4.90 Å². The predicted octanol–water partition coefficient (Wildman–Crippen LogP) is 1.63. The van der Waals surface area contributed by atoms with E-state index in [0.29, 0.717) is 18.5 Å². The van der Waals surface area contributed by atoms with Gasteiger partial charge in [0.25, 0.3) is 5.91 Å². The van der Waals surface area contributed by atoms with Crippen molar-refractivity contribution >= 4 is 29.6 Å². The first kappa shape index (κ1) is 18.0. The van der Waals surface area contributed by atoms with Crippen molar-refractivity contribution < 1.29 is 23.9 Å². The van der Waals surface area contributed by atoms with Crippen LogP contribution in [0, 0.1) is 0 Å². The highest BCUT2D eigenvalue weighted by molar-refractivity contribution is 7.98. The molecule has 0 unspecified atom stereocenters. The summed E-state index contributed by atoms with van der Waals surface area (Å²) in [5.74, 6) is -1.26. The first-order chi connectivity index (χ1) is 10.6. The third kappa shape index (κ3) is 6.17. The van der Waals surface area contributed by atoms with Crippen LogP contribution in [0.4, 0.5) is 0 Å². The molecule has 0 bridgehead atoms. The van der Waals surface area contributed by atoms with E-state index in [4.69, 9.17) is 4.74 Å². The fourth-order valence-corrected chi connectivity index (χ4v) is 2.22. The minimum Gasteiger partial charge on any atom is -0.469 e. The van der Waals surface area contributed by atoms with Crippen molar-refractivity contribution in [3.05, 3.63) is 29.8 Å². The van der Waals surface area contributed by atoms with Crippen molar-refractivity contribution in [3.63, 3.8) is 0 Å². The molecule has 0 saturated heterocycles. The summed E-state index contributed by atoms with van der Waals surface area (Å²) in [5.41, 5.74) is 0.438. The summed E-state index contributed by atoms with van der Waals surface area (Å²) < 4.78 is 9.46. The van der Waals surface area contributed by atoms with Gasteiger partial charge in [-0.2, -0.15) is 0 Å². The van der Waals surface area contributed by atoms with Gasteiger partial charge < -0.3 is 14.8 Å². The zero-order valence-corrected chi connectivity index (χ0v) is 13.4. The van der Waals surface area contributed by atoms with E-state index in [1.54, 1.807) is 12.1 Å². The van der Waals surface area contributed by atoms with Crippen molar-refractivity contribution in [1.29, 1.82) is 0 Å². The van der Waals surface area contributed by atoms with Crippen LogP contribution in [0.3, 0.4) is 0 Å². The van der Waals surface area contributed by atoms with E-state index in [-0.39, 0.29) is 19.0 Å². The predicted molar refractivity (Wildman–Crippen MR) is 82.8 cm³/mol. The number of amides is 1. The molecule has 6 nitrogen and oxygen atoms in total. The van der Waals surface area contributed by atoms with Crippen molar-refractivity contribution in [2.45, 2.75) is 17.7 Å². The van der Waals surface area contributed by atoms with E-state index < -0.39 is 11.9 Å². The van der Waals surface area contributed by atoms with Crippen LogP contribution in [0.1, 0.15) is 23.2 Å². The van der Waals surface area contributed by atoms with Gasteiger partial charge in [0.1, 0.15) is 0 Å². The van der Waals surface area contributed by atoms with Gasteiger partial charge in [0, 0.05) is 17.9 Å². The number of rotatable bonds is 8. The molecule has 120 valence electrons. The molecule has 0 aliphatic heterocycles.